The summed E-state index contributed by atoms with van der Waals surface area (Å²) in [5.41, 5.74) is 1.24. The Kier molecular flexibility index (Phi) is 5.69. The van der Waals surface area contributed by atoms with Gasteiger partial charge in [0.2, 0.25) is 0 Å². The number of aromatic amines is 1. The van der Waals surface area contributed by atoms with Gasteiger partial charge < -0.3 is 9.55 Å². The van der Waals surface area contributed by atoms with Gasteiger partial charge in [-0.3, -0.25) is 0 Å². The Morgan fingerprint density at radius 3 is 2.47 bits per heavy atom. The van der Waals surface area contributed by atoms with E-state index in [4.69, 9.17) is 12.2 Å². The molecular weight excluding hydrogens is 204 g/mol. The van der Waals surface area contributed by atoms with Crippen LogP contribution in [-0.2, 0) is 6.54 Å². The van der Waals surface area contributed by atoms with E-state index in [1.807, 2.05) is 6.20 Å². The van der Waals surface area contributed by atoms with Crippen LogP contribution in [0.4, 0.5) is 0 Å². The van der Waals surface area contributed by atoms with Crippen molar-refractivity contribution in [1.29, 1.82) is 0 Å². The summed E-state index contributed by atoms with van der Waals surface area (Å²) in [4.78, 5) is 3.08. The van der Waals surface area contributed by atoms with Crippen LogP contribution in [-0.4, -0.2) is 9.55 Å². The fourth-order valence-corrected chi connectivity index (χ4v) is 2.10. The monoisotopic (exact) mass is 226 g/mol. The van der Waals surface area contributed by atoms with Gasteiger partial charge in [-0.15, -0.1) is 0 Å². The number of nitrogens with one attached hydrogen (secondary N) is 1. The molecule has 0 atom stereocenters. The smallest absolute Gasteiger partial charge is 0.177 e. The van der Waals surface area contributed by atoms with E-state index in [1.165, 1.54) is 44.2 Å². The van der Waals surface area contributed by atoms with Gasteiger partial charge in [-0.25, -0.2) is 0 Å². The summed E-state index contributed by atoms with van der Waals surface area (Å²) in [6.07, 6.45) is 10.0. The maximum absolute atomic E-state index is 5.20. The number of imidazole rings is 1. The van der Waals surface area contributed by atoms with Gasteiger partial charge in [-0.05, 0) is 25.6 Å². The topological polar surface area (TPSA) is 20.7 Å². The molecule has 0 aliphatic heterocycles. The number of aryl methyl sites for hydroxylation is 1. The molecule has 0 radical (unpaired) electrons. The Hall–Kier alpha value is -0.570. The van der Waals surface area contributed by atoms with Crippen molar-refractivity contribution in [2.45, 2.75) is 58.9 Å². The summed E-state index contributed by atoms with van der Waals surface area (Å²) >= 11 is 5.20. The van der Waals surface area contributed by atoms with Crippen molar-refractivity contribution in [1.82, 2.24) is 9.55 Å². The minimum atomic E-state index is 0.862. The lowest BCUT2D eigenvalue weighted by molar-refractivity contribution is 0.549. The van der Waals surface area contributed by atoms with E-state index in [2.05, 4.69) is 23.4 Å². The third-order valence-electron chi connectivity index (χ3n) is 2.81. The van der Waals surface area contributed by atoms with Gasteiger partial charge in [0.05, 0.1) is 0 Å². The largest absolute Gasteiger partial charge is 0.337 e. The van der Waals surface area contributed by atoms with Crippen LogP contribution in [0.2, 0.25) is 0 Å². The van der Waals surface area contributed by atoms with Gasteiger partial charge >= 0.3 is 0 Å². The van der Waals surface area contributed by atoms with Crippen molar-refractivity contribution >= 4 is 12.2 Å². The zero-order valence-electron chi connectivity index (χ0n) is 9.88. The van der Waals surface area contributed by atoms with Gasteiger partial charge in [0.1, 0.15) is 0 Å². The zero-order chi connectivity index (χ0) is 11.1. The molecule has 0 spiro atoms. The molecule has 0 aliphatic rings. The average molecular weight is 226 g/mol. The summed E-state index contributed by atoms with van der Waals surface area (Å²) in [6.45, 7) is 5.42. The SMILES string of the molecule is CCCCCCCCn1c(C)c[nH]c1=S. The van der Waals surface area contributed by atoms with Crippen molar-refractivity contribution in [3.8, 4) is 0 Å². The van der Waals surface area contributed by atoms with E-state index in [-0.39, 0.29) is 0 Å². The van der Waals surface area contributed by atoms with Gasteiger partial charge in [0.25, 0.3) is 0 Å². The Morgan fingerprint density at radius 1 is 1.20 bits per heavy atom. The average Bonchev–Trinajstić information content (AvgIpc) is 2.54. The van der Waals surface area contributed by atoms with Crippen LogP contribution in [0.25, 0.3) is 0 Å². The van der Waals surface area contributed by atoms with Crippen molar-refractivity contribution in [3.05, 3.63) is 16.7 Å². The summed E-state index contributed by atoms with van der Waals surface area (Å²) in [6, 6.07) is 0. The number of hydrogen-bond donors (Lipinski definition) is 1. The maximum Gasteiger partial charge on any atom is 0.177 e. The number of hydrogen-bond acceptors (Lipinski definition) is 1. The molecule has 0 bridgehead atoms. The van der Waals surface area contributed by atoms with Gasteiger partial charge in [-0.1, -0.05) is 39.0 Å². The number of H-pyrrole nitrogens is 1. The lowest BCUT2D eigenvalue weighted by atomic mass is 10.1. The fourth-order valence-electron chi connectivity index (χ4n) is 1.81. The van der Waals surface area contributed by atoms with Gasteiger partial charge in [0.15, 0.2) is 4.77 Å². The molecule has 15 heavy (non-hydrogen) atoms. The lowest BCUT2D eigenvalue weighted by Gasteiger charge is -2.04. The minimum absolute atomic E-state index is 0.862. The van der Waals surface area contributed by atoms with Crippen LogP contribution in [0.15, 0.2) is 6.20 Å². The van der Waals surface area contributed by atoms with E-state index < -0.39 is 0 Å². The zero-order valence-corrected chi connectivity index (χ0v) is 10.7. The van der Waals surface area contributed by atoms with Crippen LogP contribution in [0.3, 0.4) is 0 Å². The fraction of sp³-hybridized carbons (Fsp3) is 0.750. The molecule has 1 N–H and O–H groups in total. The molecule has 1 heterocycles. The Morgan fingerprint density at radius 2 is 1.87 bits per heavy atom. The predicted octanol–water partition coefficient (Wildman–Crippen LogP) is 4.21. The van der Waals surface area contributed by atoms with Crippen LogP contribution in [0.1, 0.15) is 51.1 Å². The molecule has 0 saturated carbocycles. The van der Waals surface area contributed by atoms with E-state index in [1.54, 1.807) is 0 Å². The summed E-state index contributed by atoms with van der Waals surface area (Å²) in [5.74, 6) is 0. The van der Waals surface area contributed by atoms with Crippen LogP contribution in [0, 0.1) is 11.7 Å². The molecule has 0 aromatic carbocycles. The van der Waals surface area contributed by atoms with Gasteiger partial charge in [-0.2, -0.15) is 0 Å². The molecule has 1 rings (SSSR count). The van der Waals surface area contributed by atoms with E-state index >= 15 is 0 Å². The highest BCUT2D eigenvalue weighted by Crippen LogP contribution is 2.08. The highest BCUT2D eigenvalue weighted by Gasteiger charge is 1.98. The Bertz CT molecular complexity index is 325. The van der Waals surface area contributed by atoms with Crippen molar-refractivity contribution < 1.29 is 0 Å². The first-order chi connectivity index (χ1) is 7.25. The van der Waals surface area contributed by atoms with Gasteiger partial charge in [0, 0.05) is 18.4 Å². The normalized spacial score (nSPS) is 10.8. The van der Waals surface area contributed by atoms with E-state index in [9.17, 15) is 0 Å². The highest BCUT2D eigenvalue weighted by atomic mass is 32.1. The first-order valence-corrected chi connectivity index (χ1v) is 6.41. The second-order valence-electron chi connectivity index (χ2n) is 4.15. The second-order valence-corrected chi connectivity index (χ2v) is 4.54. The van der Waals surface area contributed by atoms with Crippen LogP contribution < -0.4 is 0 Å². The molecular formula is C12H22N2S. The second kappa shape index (κ2) is 6.83. The molecule has 0 saturated heterocycles. The minimum Gasteiger partial charge on any atom is -0.337 e. The maximum atomic E-state index is 5.20. The summed E-state index contributed by atoms with van der Waals surface area (Å²) in [7, 11) is 0. The number of unbranched alkanes of at least 4 members (excludes halogenated alkanes) is 5. The third-order valence-corrected chi connectivity index (χ3v) is 3.15. The summed E-state index contributed by atoms with van der Waals surface area (Å²) in [5, 5.41) is 0. The van der Waals surface area contributed by atoms with Crippen LogP contribution >= 0.6 is 12.2 Å². The molecule has 0 amide bonds. The Balaban J connectivity index is 2.18. The molecule has 2 nitrogen and oxygen atoms in total. The molecule has 1 aromatic heterocycles. The summed E-state index contributed by atoms with van der Waals surface area (Å²) < 4.78 is 3.05. The molecule has 1 aromatic rings. The number of rotatable bonds is 7. The Labute approximate surface area is 97.7 Å². The van der Waals surface area contributed by atoms with Crippen LogP contribution in [0.5, 0.6) is 0 Å². The third kappa shape index (κ3) is 4.20. The molecule has 0 fully saturated rings. The predicted molar refractivity (Wildman–Crippen MR) is 67.7 cm³/mol. The first kappa shape index (κ1) is 12.5. The standard InChI is InChI=1S/C12H22N2S/c1-3-4-5-6-7-8-9-14-11(2)10-13-12(14)15/h10H,3-9H2,1-2H3,(H,13,15). The first-order valence-electron chi connectivity index (χ1n) is 6.00. The highest BCUT2D eigenvalue weighted by molar-refractivity contribution is 7.71. The molecule has 86 valence electrons. The van der Waals surface area contributed by atoms with E-state index in [0.29, 0.717) is 0 Å². The quantitative estimate of drug-likeness (QED) is 0.545. The molecule has 0 aliphatic carbocycles. The van der Waals surface area contributed by atoms with E-state index in [0.717, 1.165) is 11.3 Å². The molecule has 3 heteroatoms. The number of nitrogens with zero attached hydrogens (tertiary/aromatic N) is 1. The van der Waals surface area contributed by atoms with Crippen molar-refractivity contribution in [3.63, 3.8) is 0 Å². The van der Waals surface area contributed by atoms with Crippen molar-refractivity contribution in [2.75, 3.05) is 0 Å². The number of aromatic nitrogens is 2. The van der Waals surface area contributed by atoms with Crippen molar-refractivity contribution in [2.24, 2.45) is 0 Å². The molecule has 0 unspecified atom stereocenters. The lowest BCUT2D eigenvalue weighted by Crippen LogP contribution is -2.00.